The Hall–Kier alpha value is -2.96. The second-order valence-corrected chi connectivity index (χ2v) is 6.57. The number of likely N-dealkylation sites (tertiary alicyclic amines) is 1. The lowest BCUT2D eigenvalue weighted by Gasteiger charge is -2.32. The van der Waals surface area contributed by atoms with Crippen molar-refractivity contribution in [3.8, 4) is 0 Å². The van der Waals surface area contributed by atoms with Crippen LogP contribution in [0.4, 0.5) is 19.3 Å². The maximum atomic E-state index is 12.9. The Morgan fingerprint density at radius 3 is 2.30 bits per heavy atom. The van der Waals surface area contributed by atoms with Gasteiger partial charge in [0.1, 0.15) is 11.6 Å². The monoisotopic (exact) mass is 373 g/mol. The molecule has 142 valence electrons. The van der Waals surface area contributed by atoms with Crippen molar-refractivity contribution in [2.45, 2.75) is 19.4 Å². The Labute approximate surface area is 156 Å². The number of anilines is 1. The van der Waals surface area contributed by atoms with Crippen LogP contribution in [0.2, 0.25) is 0 Å². The minimum atomic E-state index is -0.371. The van der Waals surface area contributed by atoms with E-state index in [4.69, 9.17) is 0 Å². The molecule has 27 heavy (non-hydrogen) atoms. The van der Waals surface area contributed by atoms with Crippen LogP contribution in [0.3, 0.4) is 0 Å². The molecule has 7 heteroatoms. The predicted octanol–water partition coefficient (Wildman–Crippen LogP) is 3.53. The van der Waals surface area contributed by atoms with Gasteiger partial charge in [0, 0.05) is 25.3 Å². The summed E-state index contributed by atoms with van der Waals surface area (Å²) >= 11 is 0. The first-order chi connectivity index (χ1) is 13.0. The normalized spacial score (nSPS) is 16.7. The quantitative estimate of drug-likeness (QED) is 0.861. The topological polar surface area (TPSA) is 61.4 Å². The van der Waals surface area contributed by atoms with Gasteiger partial charge in [-0.1, -0.05) is 12.1 Å². The number of carbonyl (C=O) groups is 2. The number of rotatable bonds is 4. The summed E-state index contributed by atoms with van der Waals surface area (Å²) < 4.78 is 25.9. The summed E-state index contributed by atoms with van der Waals surface area (Å²) in [6.45, 7) is 1.20. The molecule has 1 saturated heterocycles. The Kier molecular flexibility index (Phi) is 6.01. The molecule has 0 saturated carbocycles. The number of nitrogens with one attached hydrogen (secondary N) is 2. The fraction of sp³-hybridized carbons (Fsp3) is 0.300. The van der Waals surface area contributed by atoms with Gasteiger partial charge in [-0.3, -0.25) is 4.79 Å². The molecule has 1 fully saturated rings. The third-order valence-electron chi connectivity index (χ3n) is 4.55. The predicted molar refractivity (Wildman–Crippen MR) is 98.0 cm³/mol. The van der Waals surface area contributed by atoms with E-state index in [-0.39, 0.29) is 29.5 Å². The van der Waals surface area contributed by atoms with Crippen molar-refractivity contribution in [1.82, 2.24) is 10.2 Å². The summed E-state index contributed by atoms with van der Waals surface area (Å²) in [5.41, 5.74) is 1.32. The Balaban J connectivity index is 1.51. The zero-order valence-corrected chi connectivity index (χ0v) is 14.8. The molecule has 1 aliphatic heterocycles. The summed E-state index contributed by atoms with van der Waals surface area (Å²) in [6.07, 6.45) is 1.43. The lowest BCUT2D eigenvalue weighted by atomic mass is 9.97. The average Bonchev–Trinajstić information content (AvgIpc) is 2.69. The lowest BCUT2D eigenvalue weighted by Crippen LogP contribution is -2.46. The summed E-state index contributed by atoms with van der Waals surface area (Å²) in [4.78, 5) is 26.4. The zero-order chi connectivity index (χ0) is 19.2. The first kappa shape index (κ1) is 18.8. The van der Waals surface area contributed by atoms with Crippen LogP contribution in [0.5, 0.6) is 0 Å². The minimum Gasteiger partial charge on any atom is -0.352 e. The van der Waals surface area contributed by atoms with Gasteiger partial charge in [0.25, 0.3) is 0 Å². The average molecular weight is 373 g/mol. The first-order valence-electron chi connectivity index (χ1n) is 8.85. The van der Waals surface area contributed by atoms with E-state index in [1.54, 1.807) is 17.0 Å². The van der Waals surface area contributed by atoms with Gasteiger partial charge in [-0.25, -0.2) is 13.6 Å². The van der Waals surface area contributed by atoms with Gasteiger partial charge in [0.15, 0.2) is 0 Å². The summed E-state index contributed by atoms with van der Waals surface area (Å²) in [6, 6.07) is 11.2. The molecule has 1 heterocycles. The van der Waals surface area contributed by atoms with E-state index in [2.05, 4.69) is 10.6 Å². The largest absolute Gasteiger partial charge is 0.352 e. The number of benzene rings is 2. The van der Waals surface area contributed by atoms with Crippen LogP contribution >= 0.6 is 0 Å². The summed E-state index contributed by atoms with van der Waals surface area (Å²) in [5, 5.41) is 5.56. The highest BCUT2D eigenvalue weighted by atomic mass is 19.1. The van der Waals surface area contributed by atoms with Crippen LogP contribution in [-0.2, 0) is 11.3 Å². The van der Waals surface area contributed by atoms with Crippen LogP contribution in [0, 0.1) is 17.6 Å². The summed E-state index contributed by atoms with van der Waals surface area (Å²) in [5.74, 6) is -1.11. The standard InChI is InChI=1S/C20H21F2N3O2/c21-16-5-3-14(4-6-16)12-23-19(26)15-2-1-11-25(13-15)20(27)24-18-9-7-17(22)8-10-18/h3-10,15H,1-2,11-13H2,(H,23,26)(H,24,27)/t15-/m0/s1. The summed E-state index contributed by atoms with van der Waals surface area (Å²) in [7, 11) is 0. The molecular weight excluding hydrogens is 352 g/mol. The molecule has 2 aromatic rings. The van der Waals surface area contributed by atoms with Gasteiger partial charge < -0.3 is 15.5 Å². The van der Waals surface area contributed by atoms with Crippen LogP contribution in [0.1, 0.15) is 18.4 Å². The van der Waals surface area contributed by atoms with Crippen molar-refractivity contribution in [3.05, 3.63) is 65.7 Å². The minimum absolute atomic E-state index is 0.126. The van der Waals surface area contributed by atoms with Crippen LogP contribution < -0.4 is 10.6 Å². The number of hydrogen-bond donors (Lipinski definition) is 2. The van der Waals surface area contributed by atoms with E-state index >= 15 is 0 Å². The second kappa shape index (κ2) is 8.62. The van der Waals surface area contributed by atoms with Crippen molar-refractivity contribution in [2.75, 3.05) is 18.4 Å². The molecule has 0 radical (unpaired) electrons. The van der Waals surface area contributed by atoms with Crippen molar-refractivity contribution < 1.29 is 18.4 Å². The lowest BCUT2D eigenvalue weighted by molar-refractivity contribution is -0.126. The number of nitrogens with zero attached hydrogens (tertiary/aromatic N) is 1. The molecule has 1 aliphatic rings. The first-order valence-corrected chi connectivity index (χ1v) is 8.85. The number of halogens is 2. The van der Waals surface area contributed by atoms with Crippen molar-refractivity contribution in [3.63, 3.8) is 0 Å². The number of urea groups is 1. The van der Waals surface area contributed by atoms with Crippen LogP contribution in [0.25, 0.3) is 0 Å². The van der Waals surface area contributed by atoms with Gasteiger partial charge in [-0.05, 0) is 54.8 Å². The van der Waals surface area contributed by atoms with Crippen molar-refractivity contribution >= 4 is 17.6 Å². The molecule has 1 atom stereocenters. The van der Waals surface area contributed by atoms with Gasteiger partial charge in [-0.2, -0.15) is 0 Å². The molecule has 0 unspecified atom stereocenters. The number of amides is 3. The van der Waals surface area contributed by atoms with Crippen LogP contribution in [-0.4, -0.2) is 29.9 Å². The van der Waals surface area contributed by atoms with E-state index in [1.165, 1.54) is 36.4 Å². The van der Waals surface area contributed by atoms with Gasteiger partial charge in [-0.15, -0.1) is 0 Å². The zero-order valence-electron chi connectivity index (χ0n) is 14.8. The number of hydrogen-bond acceptors (Lipinski definition) is 2. The van der Waals surface area contributed by atoms with E-state index in [0.717, 1.165) is 12.0 Å². The molecule has 0 aromatic heterocycles. The fourth-order valence-electron chi connectivity index (χ4n) is 3.05. The third-order valence-corrected chi connectivity index (χ3v) is 4.55. The van der Waals surface area contributed by atoms with Crippen LogP contribution in [0.15, 0.2) is 48.5 Å². The third kappa shape index (κ3) is 5.26. The molecule has 2 N–H and O–H groups in total. The van der Waals surface area contributed by atoms with E-state index < -0.39 is 0 Å². The van der Waals surface area contributed by atoms with Crippen molar-refractivity contribution in [2.24, 2.45) is 5.92 Å². The highest BCUT2D eigenvalue weighted by Crippen LogP contribution is 2.18. The molecule has 2 aromatic carbocycles. The number of carbonyl (C=O) groups excluding carboxylic acids is 2. The van der Waals surface area contributed by atoms with Gasteiger partial charge >= 0.3 is 6.03 Å². The SMILES string of the molecule is O=C(NCc1ccc(F)cc1)[C@H]1CCCN(C(=O)Nc2ccc(F)cc2)C1. The molecule has 0 bridgehead atoms. The molecule has 5 nitrogen and oxygen atoms in total. The molecule has 0 spiro atoms. The van der Waals surface area contributed by atoms with Crippen molar-refractivity contribution in [1.29, 1.82) is 0 Å². The Bertz CT molecular complexity index is 794. The second-order valence-electron chi connectivity index (χ2n) is 6.57. The number of piperidine rings is 1. The Morgan fingerprint density at radius 1 is 1.00 bits per heavy atom. The highest BCUT2D eigenvalue weighted by molar-refractivity contribution is 5.90. The Morgan fingerprint density at radius 2 is 1.63 bits per heavy atom. The fourth-order valence-corrected chi connectivity index (χ4v) is 3.05. The molecule has 0 aliphatic carbocycles. The highest BCUT2D eigenvalue weighted by Gasteiger charge is 2.28. The van der Waals surface area contributed by atoms with Gasteiger partial charge in [0.2, 0.25) is 5.91 Å². The van der Waals surface area contributed by atoms with E-state index in [9.17, 15) is 18.4 Å². The maximum Gasteiger partial charge on any atom is 0.321 e. The van der Waals surface area contributed by atoms with E-state index in [1.807, 2.05) is 0 Å². The molecule has 3 rings (SSSR count). The molecular formula is C20H21F2N3O2. The van der Waals surface area contributed by atoms with E-state index in [0.29, 0.717) is 31.7 Å². The smallest absolute Gasteiger partial charge is 0.321 e. The molecule has 3 amide bonds. The maximum absolute atomic E-state index is 12.9. The van der Waals surface area contributed by atoms with Gasteiger partial charge in [0.05, 0.1) is 5.92 Å².